The minimum absolute atomic E-state index is 0.0815. The van der Waals surface area contributed by atoms with E-state index < -0.39 is 0 Å². The zero-order chi connectivity index (χ0) is 14.9. The van der Waals surface area contributed by atoms with Crippen LogP contribution in [0.15, 0.2) is 12.3 Å². The van der Waals surface area contributed by atoms with E-state index in [1.807, 2.05) is 26.1 Å². The number of fused-ring (bicyclic) bond motifs is 1. The summed E-state index contributed by atoms with van der Waals surface area (Å²) in [6.45, 7) is 8.98. The number of aromatic nitrogens is 1. The first-order valence-electron chi connectivity index (χ1n) is 7.44. The summed E-state index contributed by atoms with van der Waals surface area (Å²) in [5, 5.41) is 13.1. The van der Waals surface area contributed by atoms with Gasteiger partial charge in [0.25, 0.3) is 0 Å². The molecule has 1 aromatic heterocycles. The Kier molecular flexibility index (Phi) is 4.23. The van der Waals surface area contributed by atoms with Gasteiger partial charge in [-0.25, -0.2) is 0 Å². The van der Waals surface area contributed by atoms with Gasteiger partial charge in [-0.1, -0.05) is 13.8 Å². The Morgan fingerprint density at radius 3 is 2.90 bits per heavy atom. The second kappa shape index (κ2) is 5.60. The Labute approximate surface area is 121 Å². The van der Waals surface area contributed by atoms with Crippen molar-refractivity contribution >= 4 is 5.91 Å². The first kappa shape index (κ1) is 15.1. The van der Waals surface area contributed by atoms with Crippen LogP contribution in [0.4, 0.5) is 0 Å². The van der Waals surface area contributed by atoms with Gasteiger partial charge in [0, 0.05) is 36.5 Å². The zero-order valence-corrected chi connectivity index (χ0v) is 12.9. The molecule has 1 aliphatic rings. The Balaban J connectivity index is 2.06. The average molecular weight is 278 g/mol. The van der Waals surface area contributed by atoms with Crippen molar-refractivity contribution < 1.29 is 9.90 Å². The molecule has 0 aromatic carbocycles. The second-order valence-corrected chi connectivity index (χ2v) is 6.94. The average Bonchev–Trinajstić information content (AvgIpc) is 2.67. The number of amides is 1. The lowest BCUT2D eigenvalue weighted by atomic mass is 9.75. The maximum atomic E-state index is 11.7. The maximum Gasteiger partial charge on any atom is 0.221 e. The van der Waals surface area contributed by atoms with Gasteiger partial charge in [-0.2, -0.15) is 0 Å². The summed E-state index contributed by atoms with van der Waals surface area (Å²) in [5.41, 5.74) is 2.34. The predicted octanol–water partition coefficient (Wildman–Crippen LogP) is 2.41. The molecular weight excluding hydrogens is 252 g/mol. The third-order valence-electron chi connectivity index (χ3n) is 3.89. The van der Waals surface area contributed by atoms with Crippen LogP contribution in [0.25, 0.3) is 0 Å². The van der Waals surface area contributed by atoms with Crippen molar-refractivity contribution in [1.29, 1.82) is 0 Å². The standard InChI is InChI=1S/C16H26N2O2/c1-11(2)17-15(20)6-8-18-7-5-12-13(18)9-16(3,4)10-14(12)19/h5,7,11,14,19H,6,8-10H2,1-4H3,(H,17,20). The number of nitrogens with one attached hydrogen (secondary N) is 1. The van der Waals surface area contributed by atoms with Gasteiger partial charge in [0.1, 0.15) is 0 Å². The quantitative estimate of drug-likeness (QED) is 0.888. The van der Waals surface area contributed by atoms with Crippen LogP contribution in [0.1, 0.15) is 57.9 Å². The van der Waals surface area contributed by atoms with Crippen molar-refractivity contribution in [3.8, 4) is 0 Å². The fourth-order valence-electron chi connectivity index (χ4n) is 3.01. The van der Waals surface area contributed by atoms with E-state index in [0.29, 0.717) is 13.0 Å². The van der Waals surface area contributed by atoms with Gasteiger partial charge in [-0.15, -0.1) is 0 Å². The molecule has 0 radical (unpaired) electrons. The number of carbonyl (C=O) groups is 1. The molecule has 2 rings (SSSR count). The van der Waals surface area contributed by atoms with Gasteiger partial charge in [0.15, 0.2) is 0 Å². The fraction of sp³-hybridized carbons (Fsp3) is 0.688. The monoisotopic (exact) mass is 278 g/mol. The van der Waals surface area contributed by atoms with Gasteiger partial charge in [0.2, 0.25) is 5.91 Å². The van der Waals surface area contributed by atoms with E-state index in [1.165, 1.54) is 5.69 Å². The molecule has 1 atom stereocenters. The van der Waals surface area contributed by atoms with Gasteiger partial charge in [0.05, 0.1) is 6.10 Å². The van der Waals surface area contributed by atoms with Crippen LogP contribution in [0.2, 0.25) is 0 Å². The molecule has 112 valence electrons. The topological polar surface area (TPSA) is 54.3 Å². The molecule has 0 saturated carbocycles. The lowest BCUT2D eigenvalue weighted by Crippen LogP contribution is -2.31. The largest absolute Gasteiger partial charge is 0.388 e. The van der Waals surface area contributed by atoms with Crippen molar-refractivity contribution in [2.45, 2.75) is 65.6 Å². The molecule has 0 aliphatic heterocycles. The van der Waals surface area contributed by atoms with Crippen LogP contribution in [0.5, 0.6) is 0 Å². The molecule has 2 N–H and O–H groups in total. The molecule has 1 heterocycles. The number of aryl methyl sites for hydroxylation is 1. The number of carbonyl (C=O) groups excluding carboxylic acids is 1. The second-order valence-electron chi connectivity index (χ2n) is 6.94. The Hall–Kier alpha value is -1.29. The lowest BCUT2D eigenvalue weighted by Gasteiger charge is -2.34. The maximum absolute atomic E-state index is 11.7. The van der Waals surface area contributed by atoms with Crippen molar-refractivity contribution in [1.82, 2.24) is 9.88 Å². The number of aliphatic hydroxyl groups is 1. The summed E-state index contributed by atoms with van der Waals surface area (Å²) in [5.74, 6) is 0.0815. The highest BCUT2D eigenvalue weighted by Crippen LogP contribution is 2.41. The van der Waals surface area contributed by atoms with E-state index in [4.69, 9.17) is 0 Å². The Morgan fingerprint density at radius 1 is 1.55 bits per heavy atom. The molecule has 1 aromatic rings. The van der Waals surface area contributed by atoms with E-state index in [1.54, 1.807) is 0 Å². The van der Waals surface area contributed by atoms with Crippen LogP contribution in [0, 0.1) is 5.41 Å². The summed E-state index contributed by atoms with van der Waals surface area (Å²) in [6, 6.07) is 2.18. The SMILES string of the molecule is CC(C)NC(=O)CCn1ccc2c1CC(C)(C)CC2O. The van der Waals surface area contributed by atoms with Crippen molar-refractivity contribution in [2.75, 3.05) is 0 Å². The predicted molar refractivity (Wildman–Crippen MR) is 79.4 cm³/mol. The molecule has 4 nitrogen and oxygen atoms in total. The molecular formula is C16H26N2O2. The van der Waals surface area contributed by atoms with Gasteiger partial charge in [-0.3, -0.25) is 4.79 Å². The number of nitrogens with zero attached hydrogens (tertiary/aromatic N) is 1. The van der Waals surface area contributed by atoms with Gasteiger partial charge in [-0.05, 0) is 38.2 Å². The molecule has 0 saturated heterocycles. The molecule has 0 bridgehead atoms. The summed E-state index contributed by atoms with van der Waals surface area (Å²) >= 11 is 0. The number of hydrogen-bond acceptors (Lipinski definition) is 2. The highest BCUT2D eigenvalue weighted by molar-refractivity contribution is 5.76. The Bertz CT molecular complexity index is 489. The molecule has 0 fully saturated rings. The smallest absolute Gasteiger partial charge is 0.221 e. The molecule has 1 aliphatic carbocycles. The minimum atomic E-state index is -0.375. The summed E-state index contributed by atoms with van der Waals surface area (Å²) < 4.78 is 2.12. The molecule has 1 amide bonds. The van der Waals surface area contributed by atoms with Crippen LogP contribution in [-0.2, 0) is 17.8 Å². The highest BCUT2D eigenvalue weighted by Gasteiger charge is 2.33. The van der Waals surface area contributed by atoms with Gasteiger partial charge >= 0.3 is 0 Å². The molecule has 4 heteroatoms. The zero-order valence-electron chi connectivity index (χ0n) is 12.9. The van der Waals surface area contributed by atoms with Crippen molar-refractivity contribution in [3.63, 3.8) is 0 Å². The van der Waals surface area contributed by atoms with Crippen molar-refractivity contribution in [2.24, 2.45) is 5.41 Å². The van der Waals surface area contributed by atoms with Crippen LogP contribution >= 0.6 is 0 Å². The first-order valence-corrected chi connectivity index (χ1v) is 7.44. The highest BCUT2D eigenvalue weighted by atomic mass is 16.3. The number of aliphatic hydroxyl groups excluding tert-OH is 1. The van der Waals surface area contributed by atoms with E-state index in [9.17, 15) is 9.90 Å². The lowest BCUT2D eigenvalue weighted by molar-refractivity contribution is -0.121. The molecule has 1 unspecified atom stereocenters. The van der Waals surface area contributed by atoms with Gasteiger partial charge < -0.3 is 15.0 Å². The minimum Gasteiger partial charge on any atom is -0.388 e. The molecule has 0 spiro atoms. The number of rotatable bonds is 4. The first-order chi connectivity index (χ1) is 9.28. The number of hydrogen-bond donors (Lipinski definition) is 2. The van der Waals surface area contributed by atoms with Crippen LogP contribution < -0.4 is 5.32 Å². The fourth-order valence-corrected chi connectivity index (χ4v) is 3.01. The molecule has 20 heavy (non-hydrogen) atoms. The normalized spacial score (nSPS) is 20.8. The van der Waals surface area contributed by atoms with E-state index >= 15 is 0 Å². The third kappa shape index (κ3) is 3.42. The van der Waals surface area contributed by atoms with Crippen molar-refractivity contribution in [3.05, 3.63) is 23.5 Å². The summed E-state index contributed by atoms with van der Waals surface area (Å²) in [4.78, 5) is 11.7. The summed E-state index contributed by atoms with van der Waals surface area (Å²) in [6.07, 6.45) is 3.86. The third-order valence-corrected chi connectivity index (χ3v) is 3.89. The van der Waals surface area contributed by atoms with Crippen LogP contribution in [-0.4, -0.2) is 21.6 Å². The van der Waals surface area contributed by atoms with E-state index in [2.05, 4.69) is 23.7 Å². The van der Waals surface area contributed by atoms with E-state index in [0.717, 1.165) is 18.4 Å². The Morgan fingerprint density at radius 2 is 2.25 bits per heavy atom. The summed E-state index contributed by atoms with van der Waals surface area (Å²) in [7, 11) is 0. The van der Waals surface area contributed by atoms with Crippen LogP contribution in [0.3, 0.4) is 0 Å². The van der Waals surface area contributed by atoms with E-state index in [-0.39, 0.29) is 23.5 Å².